The maximum absolute atomic E-state index is 13.3. The van der Waals surface area contributed by atoms with Gasteiger partial charge in [-0.15, -0.1) is 0 Å². The van der Waals surface area contributed by atoms with Gasteiger partial charge in [-0.2, -0.15) is 0 Å². The summed E-state index contributed by atoms with van der Waals surface area (Å²) in [6, 6.07) is 3.14. The van der Waals surface area contributed by atoms with Gasteiger partial charge in [-0.05, 0) is 37.3 Å². The maximum atomic E-state index is 13.3. The molecule has 1 saturated heterocycles. The molecule has 1 fully saturated rings. The van der Waals surface area contributed by atoms with E-state index < -0.39 is 12.1 Å². The van der Waals surface area contributed by atoms with Crippen molar-refractivity contribution >= 4 is 23.1 Å². The quantitative estimate of drug-likeness (QED) is 0.646. The number of imidazole rings is 1. The Balaban J connectivity index is 1.60. The van der Waals surface area contributed by atoms with E-state index in [9.17, 15) is 9.59 Å². The number of ether oxygens (including phenoxy) is 1. The molecule has 2 N–H and O–H groups in total. The lowest BCUT2D eigenvalue weighted by molar-refractivity contribution is -0.135. The van der Waals surface area contributed by atoms with Crippen LogP contribution in [0.2, 0.25) is 0 Å². The van der Waals surface area contributed by atoms with Crippen molar-refractivity contribution in [2.24, 2.45) is 5.92 Å². The van der Waals surface area contributed by atoms with E-state index in [0.717, 1.165) is 41.0 Å². The SMILES string of the molecule is COC(=O)N[C@H](C(=O)N1CCC[C@H]1c1ncc(-c2ccc(C)c3ncoc23)[nH]1)C(C)C. The lowest BCUT2D eigenvalue weighted by Crippen LogP contribution is -2.51. The summed E-state index contributed by atoms with van der Waals surface area (Å²) in [6.07, 6.45) is 4.25. The van der Waals surface area contributed by atoms with E-state index in [1.54, 1.807) is 11.1 Å². The zero-order valence-electron chi connectivity index (χ0n) is 18.1. The molecule has 2 amide bonds. The van der Waals surface area contributed by atoms with Crippen molar-refractivity contribution in [1.29, 1.82) is 0 Å². The van der Waals surface area contributed by atoms with Gasteiger partial charge >= 0.3 is 6.09 Å². The van der Waals surface area contributed by atoms with Gasteiger partial charge in [0.25, 0.3) is 0 Å². The van der Waals surface area contributed by atoms with Gasteiger partial charge in [0.05, 0.1) is 25.0 Å². The number of H-pyrrole nitrogens is 1. The third-order valence-electron chi connectivity index (χ3n) is 5.81. The van der Waals surface area contributed by atoms with Crippen LogP contribution in [0.15, 0.2) is 29.1 Å². The summed E-state index contributed by atoms with van der Waals surface area (Å²) in [4.78, 5) is 39.0. The molecule has 0 unspecified atom stereocenters. The summed E-state index contributed by atoms with van der Waals surface area (Å²) in [5.74, 6) is 0.510. The Labute approximate surface area is 180 Å². The molecule has 0 saturated carbocycles. The van der Waals surface area contributed by atoms with Crippen LogP contribution in [0.5, 0.6) is 0 Å². The number of alkyl carbamates (subject to hydrolysis) is 1. The average molecular weight is 425 g/mol. The largest absolute Gasteiger partial charge is 0.453 e. The number of methoxy groups -OCH3 is 1. The smallest absolute Gasteiger partial charge is 0.407 e. The standard InChI is InChI=1S/C22H27N5O4/c1-12(2)17(26-22(29)30-4)21(28)27-9-5-6-16(27)20-23-10-15(25-20)14-8-7-13(3)18-19(14)31-11-24-18/h7-8,10-12,16-17H,5-6,9H2,1-4H3,(H,23,25)(H,26,29)/t16-,17-/m0/s1. The molecule has 1 aliphatic heterocycles. The van der Waals surface area contributed by atoms with Gasteiger partial charge in [-0.3, -0.25) is 4.79 Å². The van der Waals surface area contributed by atoms with E-state index >= 15 is 0 Å². The van der Waals surface area contributed by atoms with E-state index in [2.05, 4.69) is 20.3 Å². The number of aromatic nitrogens is 3. The average Bonchev–Trinajstić information content (AvgIpc) is 3.51. The molecule has 9 heteroatoms. The molecule has 9 nitrogen and oxygen atoms in total. The van der Waals surface area contributed by atoms with Crippen molar-refractivity contribution < 1.29 is 18.7 Å². The van der Waals surface area contributed by atoms with Crippen LogP contribution in [0.25, 0.3) is 22.4 Å². The highest BCUT2D eigenvalue weighted by molar-refractivity contribution is 5.91. The molecule has 0 spiro atoms. The minimum absolute atomic E-state index is 0.0766. The predicted molar refractivity (Wildman–Crippen MR) is 114 cm³/mol. The second-order valence-corrected chi connectivity index (χ2v) is 8.19. The number of nitrogens with zero attached hydrogens (tertiary/aromatic N) is 3. The Bertz CT molecular complexity index is 1100. The number of aryl methyl sites for hydroxylation is 1. The number of amides is 2. The van der Waals surface area contributed by atoms with Crippen LogP contribution in [0.1, 0.15) is 44.1 Å². The number of rotatable bonds is 5. The van der Waals surface area contributed by atoms with Gasteiger partial charge in [0, 0.05) is 12.1 Å². The number of hydrogen-bond acceptors (Lipinski definition) is 6. The van der Waals surface area contributed by atoms with Gasteiger partial charge in [0.15, 0.2) is 12.0 Å². The number of aromatic amines is 1. The van der Waals surface area contributed by atoms with Crippen molar-refractivity contribution in [3.8, 4) is 11.3 Å². The van der Waals surface area contributed by atoms with Crippen molar-refractivity contribution in [1.82, 2.24) is 25.2 Å². The Hall–Kier alpha value is -3.36. The molecule has 1 aromatic carbocycles. The summed E-state index contributed by atoms with van der Waals surface area (Å²) in [7, 11) is 1.29. The third kappa shape index (κ3) is 3.87. The third-order valence-corrected chi connectivity index (χ3v) is 5.81. The van der Waals surface area contributed by atoms with Gasteiger partial charge in [-0.25, -0.2) is 14.8 Å². The first-order valence-electron chi connectivity index (χ1n) is 10.4. The molecule has 1 aliphatic rings. The molecule has 164 valence electrons. The minimum atomic E-state index is -0.659. The second-order valence-electron chi connectivity index (χ2n) is 8.19. The summed E-state index contributed by atoms with van der Waals surface area (Å²) < 4.78 is 10.3. The van der Waals surface area contributed by atoms with Crippen molar-refractivity contribution in [2.45, 2.75) is 45.7 Å². The molecule has 3 aromatic rings. The number of likely N-dealkylation sites (tertiary alicyclic amines) is 1. The van der Waals surface area contributed by atoms with Crippen LogP contribution in [0, 0.1) is 12.8 Å². The monoisotopic (exact) mass is 425 g/mol. The highest BCUT2D eigenvalue weighted by atomic mass is 16.5. The fraction of sp³-hybridized carbons (Fsp3) is 0.455. The van der Waals surface area contributed by atoms with E-state index in [1.807, 2.05) is 32.9 Å². The van der Waals surface area contributed by atoms with Gasteiger partial charge in [0.2, 0.25) is 5.91 Å². The zero-order valence-corrected chi connectivity index (χ0v) is 18.1. The minimum Gasteiger partial charge on any atom is -0.453 e. The Morgan fingerprint density at radius 2 is 2.13 bits per heavy atom. The van der Waals surface area contributed by atoms with Gasteiger partial charge < -0.3 is 24.4 Å². The number of benzene rings is 1. The van der Waals surface area contributed by atoms with Crippen molar-refractivity contribution in [2.75, 3.05) is 13.7 Å². The van der Waals surface area contributed by atoms with E-state index in [4.69, 9.17) is 9.15 Å². The van der Waals surface area contributed by atoms with E-state index in [-0.39, 0.29) is 17.9 Å². The molecule has 0 radical (unpaired) electrons. The summed E-state index contributed by atoms with van der Waals surface area (Å²) in [6.45, 7) is 6.40. The first-order valence-corrected chi connectivity index (χ1v) is 10.4. The summed E-state index contributed by atoms with van der Waals surface area (Å²) in [5, 5.41) is 2.67. The van der Waals surface area contributed by atoms with Crippen molar-refractivity contribution in [3.63, 3.8) is 0 Å². The highest BCUT2D eigenvalue weighted by Crippen LogP contribution is 2.34. The highest BCUT2D eigenvalue weighted by Gasteiger charge is 2.37. The first-order chi connectivity index (χ1) is 14.9. The normalized spacial score (nSPS) is 17.3. The van der Waals surface area contributed by atoms with E-state index in [1.165, 1.54) is 13.5 Å². The second kappa shape index (κ2) is 8.41. The molecule has 2 aromatic heterocycles. The molecule has 2 atom stereocenters. The number of carbonyl (C=O) groups excluding carboxylic acids is 2. The number of carbonyl (C=O) groups is 2. The molecule has 3 heterocycles. The maximum Gasteiger partial charge on any atom is 0.407 e. The molecule has 31 heavy (non-hydrogen) atoms. The van der Waals surface area contributed by atoms with Crippen molar-refractivity contribution in [3.05, 3.63) is 36.1 Å². The van der Waals surface area contributed by atoms with Crippen LogP contribution in [-0.4, -0.2) is 51.5 Å². The van der Waals surface area contributed by atoms with Crippen LogP contribution >= 0.6 is 0 Å². The summed E-state index contributed by atoms with van der Waals surface area (Å²) >= 11 is 0. The molecule has 0 aliphatic carbocycles. The fourth-order valence-electron chi connectivity index (χ4n) is 4.13. The molecular weight excluding hydrogens is 398 g/mol. The first kappa shape index (κ1) is 20.9. The molecule has 0 bridgehead atoms. The fourth-order valence-corrected chi connectivity index (χ4v) is 4.13. The van der Waals surface area contributed by atoms with Gasteiger partial charge in [0.1, 0.15) is 17.4 Å². The lowest BCUT2D eigenvalue weighted by atomic mass is 10.0. The zero-order chi connectivity index (χ0) is 22.1. The van der Waals surface area contributed by atoms with E-state index in [0.29, 0.717) is 12.1 Å². The Kier molecular flexibility index (Phi) is 5.67. The van der Waals surface area contributed by atoms with Crippen LogP contribution in [0.4, 0.5) is 4.79 Å². The Morgan fingerprint density at radius 3 is 2.87 bits per heavy atom. The van der Waals surface area contributed by atoms with Crippen LogP contribution < -0.4 is 5.32 Å². The van der Waals surface area contributed by atoms with Gasteiger partial charge in [-0.1, -0.05) is 19.9 Å². The Morgan fingerprint density at radius 1 is 1.32 bits per heavy atom. The molecular formula is C22H27N5O4. The van der Waals surface area contributed by atoms with Crippen LogP contribution in [-0.2, 0) is 9.53 Å². The number of nitrogens with one attached hydrogen (secondary N) is 2. The number of fused-ring (bicyclic) bond motifs is 1. The lowest BCUT2D eigenvalue weighted by Gasteiger charge is -2.30. The topological polar surface area (TPSA) is 113 Å². The predicted octanol–water partition coefficient (Wildman–Crippen LogP) is 3.57. The number of oxazole rings is 1. The summed E-state index contributed by atoms with van der Waals surface area (Å²) in [5.41, 5.74) is 4.25. The van der Waals surface area contributed by atoms with Crippen LogP contribution in [0.3, 0.4) is 0 Å². The molecule has 4 rings (SSSR count). The number of hydrogen-bond donors (Lipinski definition) is 2.